The second kappa shape index (κ2) is 11.8. The molecule has 35 heavy (non-hydrogen) atoms. The van der Waals surface area contributed by atoms with Crippen LogP contribution < -0.4 is 10.2 Å². The minimum Gasteiger partial charge on any atom is -0.483 e. The van der Waals surface area contributed by atoms with E-state index in [2.05, 4.69) is 42.6 Å². The first-order valence-electron chi connectivity index (χ1n) is 12.1. The molecular weight excluding hydrogens is 470 g/mol. The smallest absolute Gasteiger partial charge is 0.290 e. The molecule has 1 aromatic heterocycles. The number of benzene rings is 1. The number of nitrogens with one attached hydrogen (secondary N) is 1. The molecule has 1 aromatic carbocycles. The molecule has 10 nitrogen and oxygen atoms in total. The standard InChI is InChI=1S/C22H29N5OS.2CH2O2/c28-22(23-19-14-26-7-3-15(19)4-8-26)21-18-2-1-17(13-20(18)29-24-21)27-12-11-25-9-5-16(27)6-10-25;2*2-1-3/h1-2,13,15-16,19H,3-12,14H2,(H,23,28);2*1H,(H,2,3)/t19-;;/m1../s1. The Morgan fingerprint density at radius 2 is 1.63 bits per heavy atom. The quantitative estimate of drug-likeness (QED) is 0.538. The van der Waals surface area contributed by atoms with Gasteiger partial charge in [0.05, 0.1) is 4.70 Å². The van der Waals surface area contributed by atoms with E-state index in [1.807, 2.05) is 0 Å². The van der Waals surface area contributed by atoms with Gasteiger partial charge in [0, 0.05) is 55.9 Å². The van der Waals surface area contributed by atoms with E-state index < -0.39 is 0 Å². The van der Waals surface area contributed by atoms with Crippen molar-refractivity contribution >= 4 is 46.2 Å². The van der Waals surface area contributed by atoms with Crippen LogP contribution in [0.15, 0.2) is 18.2 Å². The molecule has 1 amide bonds. The number of fused-ring (bicyclic) bond motifs is 8. The summed E-state index contributed by atoms with van der Waals surface area (Å²) in [6.07, 6.45) is 4.93. The number of anilines is 1. The van der Waals surface area contributed by atoms with E-state index in [0.29, 0.717) is 17.7 Å². The lowest BCUT2D eigenvalue weighted by atomic mass is 9.84. The number of carboxylic acid groups (broad SMARTS) is 2. The number of hydrogen-bond acceptors (Lipinski definition) is 8. The molecule has 6 fully saturated rings. The Morgan fingerprint density at radius 1 is 0.971 bits per heavy atom. The average molecular weight is 504 g/mol. The van der Waals surface area contributed by atoms with E-state index in [1.54, 1.807) is 0 Å². The molecule has 0 aliphatic carbocycles. The number of nitrogens with zero attached hydrogens (tertiary/aromatic N) is 4. The van der Waals surface area contributed by atoms with Gasteiger partial charge in [-0.05, 0) is 74.4 Å². The van der Waals surface area contributed by atoms with E-state index >= 15 is 0 Å². The van der Waals surface area contributed by atoms with Crippen LogP contribution in [0.1, 0.15) is 36.2 Å². The highest BCUT2D eigenvalue weighted by Gasteiger charge is 2.35. The van der Waals surface area contributed by atoms with Crippen LogP contribution in [0.25, 0.3) is 10.1 Å². The van der Waals surface area contributed by atoms with Crippen LogP contribution in [0.2, 0.25) is 0 Å². The maximum Gasteiger partial charge on any atom is 0.290 e. The van der Waals surface area contributed by atoms with E-state index in [0.717, 1.165) is 29.7 Å². The van der Waals surface area contributed by atoms with Gasteiger partial charge in [-0.25, -0.2) is 0 Å². The third-order valence-corrected chi connectivity index (χ3v) is 8.44. The first-order valence-corrected chi connectivity index (χ1v) is 12.9. The predicted molar refractivity (Wildman–Crippen MR) is 134 cm³/mol. The van der Waals surface area contributed by atoms with E-state index in [-0.39, 0.29) is 24.9 Å². The van der Waals surface area contributed by atoms with Crippen molar-refractivity contribution in [3.8, 4) is 0 Å². The van der Waals surface area contributed by atoms with Crippen molar-refractivity contribution in [2.24, 2.45) is 5.92 Å². The summed E-state index contributed by atoms with van der Waals surface area (Å²) in [5, 5.41) is 18.1. The zero-order valence-electron chi connectivity index (χ0n) is 19.7. The van der Waals surface area contributed by atoms with Gasteiger partial charge in [-0.2, -0.15) is 4.37 Å². The van der Waals surface area contributed by atoms with E-state index in [1.165, 1.54) is 69.1 Å². The third kappa shape index (κ3) is 5.74. The van der Waals surface area contributed by atoms with Gasteiger partial charge in [-0.15, -0.1) is 0 Å². The van der Waals surface area contributed by atoms with Crippen molar-refractivity contribution in [3.05, 3.63) is 23.9 Å². The van der Waals surface area contributed by atoms with Crippen molar-refractivity contribution in [1.82, 2.24) is 19.5 Å². The number of aromatic nitrogens is 1. The van der Waals surface area contributed by atoms with Crippen molar-refractivity contribution in [3.63, 3.8) is 0 Å². The van der Waals surface area contributed by atoms with Gasteiger partial charge in [0.2, 0.25) is 0 Å². The summed E-state index contributed by atoms with van der Waals surface area (Å²) in [4.78, 5) is 37.4. The number of carbonyl (C=O) groups excluding carboxylic acids is 1. The summed E-state index contributed by atoms with van der Waals surface area (Å²) in [5.41, 5.74) is 1.90. The Morgan fingerprint density at radius 3 is 2.26 bits per heavy atom. The van der Waals surface area contributed by atoms with Crippen LogP contribution in [-0.4, -0.2) is 101 Å². The molecule has 8 rings (SSSR count). The number of hydrogen-bond donors (Lipinski definition) is 3. The maximum atomic E-state index is 13.0. The van der Waals surface area contributed by atoms with Gasteiger partial charge < -0.3 is 30.2 Å². The average Bonchev–Trinajstić information content (AvgIpc) is 3.06. The Hall–Kier alpha value is -2.76. The Bertz CT molecular complexity index is 1010. The highest BCUT2D eigenvalue weighted by molar-refractivity contribution is 7.13. The molecule has 0 spiro atoms. The highest BCUT2D eigenvalue weighted by Crippen LogP contribution is 2.33. The Kier molecular flexibility index (Phi) is 8.53. The van der Waals surface area contributed by atoms with Crippen molar-refractivity contribution < 1.29 is 24.6 Å². The molecule has 7 heterocycles. The molecule has 6 aliphatic rings. The van der Waals surface area contributed by atoms with E-state index in [9.17, 15) is 4.79 Å². The minimum atomic E-state index is -0.250. The zero-order chi connectivity index (χ0) is 24.8. The lowest BCUT2D eigenvalue weighted by Crippen LogP contribution is -2.57. The monoisotopic (exact) mass is 503 g/mol. The molecule has 11 heteroatoms. The van der Waals surface area contributed by atoms with Crippen LogP contribution >= 0.6 is 11.5 Å². The molecule has 0 saturated carbocycles. The molecule has 6 saturated heterocycles. The molecule has 3 N–H and O–H groups in total. The first-order chi connectivity index (χ1) is 17.1. The van der Waals surface area contributed by atoms with Gasteiger partial charge in [-0.3, -0.25) is 14.4 Å². The van der Waals surface area contributed by atoms with Crippen LogP contribution in [0.4, 0.5) is 5.69 Å². The third-order valence-electron chi connectivity index (χ3n) is 7.63. The lowest BCUT2D eigenvalue weighted by Gasteiger charge is -2.44. The maximum absolute atomic E-state index is 13.0. The number of rotatable bonds is 3. The van der Waals surface area contributed by atoms with Crippen molar-refractivity contribution in [2.45, 2.75) is 37.8 Å². The number of carbonyl (C=O) groups is 3. The fraction of sp³-hybridized carbons (Fsp3) is 0.583. The molecule has 6 aliphatic heterocycles. The topological polar surface area (TPSA) is 126 Å². The molecular formula is C24H33N5O5S. The normalized spacial score (nSPS) is 28.7. The number of amides is 1. The summed E-state index contributed by atoms with van der Waals surface area (Å²) in [6.45, 7) is 7.59. The molecule has 0 unspecified atom stereocenters. The number of piperidine rings is 4. The summed E-state index contributed by atoms with van der Waals surface area (Å²) >= 11 is 1.46. The largest absolute Gasteiger partial charge is 0.483 e. The fourth-order valence-electron chi connectivity index (χ4n) is 5.86. The predicted octanol–water partition coefficient (Wildman–Crippen LogP) is 1.81. The van der Waals surface area contributed by atoms with Gasteiger partial charge in [0.1, 0.15) is 5.69 Å². The lowest BCUT2D eigenvalue weighted by molar-refractivity contribution is -0.123. The summed E-state index contributed by atoms with van der Waals surface area (Å²) < 4.78 is 5.69. The van der Waals surface area contributed by atoms with Gasteiger partial charge in [0.25, 0.3) is 18.9 Å². The summed E-state index contributed by atoms with van der Waals surface area (Å²) in [5.74, 6) is 0.637. The molecule has 1 atom stereocenters. The molecule has 2 aromatic rings. The second-order valence-corrected chi connectivity index (χ2v) is 10.2. The molecule has 4 bridgehead atoms. The summed E-state index contributed by atoms with van der Waals surface area (Å²) in [6, 6.07) is 7.51. The highest BCUT2D eigenvalue weighted by atomic mass is 32.1. The molecule has 190 valence electrons. The van der Waals surface area contributed by atoms with Crippen LogP contribution in [0, 0.1) is 5.92 Å². The van der Waals surface area contributed by atoms with Crippen LogP contribution in [0.3, 0.4) is 0 Å². The van der Waals surface area contributed by atoms with Crippen molar-refractivity contribution in [1.29, 1.82) is 0 Å². The molecule has 0 radical (unpaired) electrons. The van der Waals surface area contributed by atoms with Gasteiger partial charge in [-0.1, -0.05) is 0 Å². The van der Waals surface area contributed by atoms with Crippen LogP contribution in [0.5, 0.6) is 0 Å². The van der Waals surface area contributed by atoms with Crippen LogP contribution in [-0.2, 0) is 9.59 Å². The van der Waals surface area contributed by atoms with Gasteiger partial charge >= 0.3 is 0 Å². The fourth-order valence-corrected chi connectivity index (χ4v) is 6.67. The SMILES string of the molecule is O=C(N[C@@H]1CN2CCC1CC2)c1nsc2cc(N3CCN4CCC3CC4)ccc12.O=CO.O=CO. The minimum absolute atomic E-state index is 0.00366. The first kappa shape index (κ1) is 25.3. The van der Waals surface area contributed by atoms with Gasteiger partial charge in [0.15, 0.2) is 0 Å². The second-order valence-electron chi connectivity index (χ2n) is 9.41. The zero-order valence-corrected chi connectivity index (χ0v) is 20.5. The van der Waals surface area contributed by atoms with E-state index in [4.69, 9.17) is 19.8 Å². The summed E-state index contributed by atoms with van der Waals surface area (Å²) in [7, 11) is 0. The Balaban J connectivity index is 0.000000440. The van der Waals surface area contributed by atoms with Crippen molar-refractivity contribution in [2.75, 3.05) is 50.7 Å². The Labute approximate surface area is 208 Å².